The molecule has 0 aliphatic heterocycles. The van der Waals surface area contributed by atoms with Crippen LogP contribution in [0.2, 0.25) is 5.02 Å². The third-order valence-electron chi connectivity index (χ3n) is 3.78. The molecule has 3 aromatic rings. The first-order chi connectivity index (χ1) is 12.5. The Bertz CT molecular complexity index is 927. The van der Waals surface area contributed by atoms with Gasteiger partial charge in [-0.1, -0.05) is 54.1 Å². The van der Waals surface area contributed by atoms with Gasteiger partial charge in [-0.2, -0.15) is 0 Å². The summed E-state index contributed by atoms with van der Waals surface area (Å²) in [4.78, 5) is 28.1. The van der Waals surface area contributed by atoms with Crippen LogP contribution in [-0.4, -0.2) is 28.5 Å². The topological polar surface area (TPSA) is 79.3 Å². The molecule has 2 aromatic carbocycles. The molecular formula is C19H15ClN2O3S. The number of aliphatic carboxylic acids is 1. The number of carboxylic acid groups (broad SMARTS) is 1. The number of nitrogens with zero attached hydrogens (tertiary/aromatic N) is 1. The molecule has 0 bridgehead atoms. The number of carbonyl (C=O) groups is 2. The van der Waals surface area contributed by atoms with Crippen LogP contribution in [-0.2, 0) is 4.79 Å². The maximum absolute atomic E-state index is 12.3. The Balaban J connectivity index is 1.69. The molecule has 0 spiro atoms. The molecule has 0 aliphatic carbocycles. The van der Waals surface area contributed by atoms with E-state index in [-0.39, 0.29) is 12.2 Å². The fraction of sp³-hybridized carbons (Fsp3) is 0.105. The lowest BCUT2D eigenvalue weighted by Crippen LogP contribution is -2.31. The van der Waals surface area contributed by atoms with Gasteiger partial charge in [-0.25, -0.2) is 4.98 Å². The Kier molecular flexibility index (Phi) is 5.65. The summed E-state index contributed by atoms with van der Waals surface area (Å²) in [6.07, 6.45) is 0. The van der Waals surface area contributed by atoms with Crippen LogP contribution in [0.1, 0.15) is 22.0 Å². The van der Waals surface area contributed by atoms with E-state index in [0.29, 0.717) is 15.6 Å². The number of amides is 1. The van der Waals surface area contributed by atoms with Crippen LogP contribution in [0, 0.1) is 0 Å². The number of nitrogens with one attached hydrogen (secondary N) is 1. The fourth-order valence-corrected chi connectivity index (χ4v) is 3.44. The highest BCUT2D eigenvalue weighted by Gasteiger charge is 2.21. The SMILES string of the molecule is O=C(NCC(C(=O)O)c1ccccc1)c1csc(-c2cccc(Cl)c2)n1. The molecule has 5 nitrogen and oxygen atoms in total. The molecule has 7 heteroatoms. The van der Waals surface area contributed by atoms with E-state index in [1.807, 2.05) is 18.2 Å². The van der Waals surface area contributed by atoms with Crippen LogP contribution in [0.15, 0.2) is 60.0 Å². The van der Waals surface area contributed by atoms with Crippen LogP contribution >= 0.6 is 22.9 Å². The smallest absolute Gasteiger partial charge is 0.312 e. The molecule has 3 rings (SSSR count). The van der Waals surface area contributed by atoms with Crippen molar-refractivity contribution >= 4 is 34.8 Å². The van der Waals surface area contributed by atoms with E-state index >= 15 is 0 Å². The highest BCUT2D eigenvalue weighted by molar-refractivity contribution is 7.13. The van der Waals surface area contributed by atoms with Gasteiger partial charge < -0.3 is 10.4 Å². The van der Waals surface area contributed by atoms with Crippen molar-refractivity contribution in [2.75, 3.05) is 6.54 Å². The Morgan fingerprint density at radius 1 is 1.15 bits per heavy atom. The molecule has 1 heterocycles. The average molecular weight is 387 g/mol. The average Bonchev–Trinajstić information content (AvgIpc) is 3.13. The van der Waals surface area contributed by atoms with E-state index in [1.54, 1.807) is 41.8 Å². The maximum atomic E-state index is 12.3. The first-order valence-corrected chi connectivity index (χ1v) is 9.08. The number of carboxylic acids is 1. The molecule has 1 unspecified atom stereocenters. The number of halogens is 1. The minimum absolute atomic E-state index is 0.0117. The number of carbonyl (C=O) groups excluding carboxylic acids is 1. The monoisotopic (exact) mass is 386 g/mol. The summed E-state index contributed by atoms with van der Waals surface area (Å²) in [6, 6.07) is 16.0. The lowest BCUT2D eigenvalue weighted by Gasteiger charge is -2.13. The number of rotatable bonds is 6. The number of hydrogen-bond acceptors (Lipinski definition) is 4. The zero-order valence-electron chi connectivity index (χ0n) is 13.6. The lowest BCUT2D eigenvalue weighted by atomic mass is 9.99. The summed E-state index contributed by atoms with van der Waals surface area (Å²) in [5.41, 5.74) is 1.72. The number of aromatic nitrogens is 1. The molecule has 0 saturated heterocycles. The van der Waals surface area contributed by atoms with Gasteiger partial charge in [0.05, 0.1) is 5.92 Å². The zero-order valence-corrected chi connectivity index (χ0v) is 15.1. The highest BCUT2D eigenvalue weighted by atomic mass is 35.5. The molecule has 0 saturated carbocycles. The Morgan fingerprint density at radius 3 is 2.62 bits per heavy atom. The van der Waals surface area contributed by atoms with Crippen molar-refractivity contribution in [1.29, 1.82) is 0 Å². The third-order valence-corrected chi connectivity index (χ3v) is 4.90. The normalized spacial score (nSPS) is 11.7. The fourth-order valence-electron chi connectivity index (χ4n) is 2.45. The van der Waals surface area contributed by atoms with E-state index in [9.17, 15) is 14.7 Å². The predicted molar refractivity (Wildman–Crippen MR) is 102 cm³/mol. The molecule has 1 aromatic heterocycles. The first kappa shape index (κ1) is 18.1. The Labute approximate surface area is 159 Å². The Morgan fingerprint density at radius 2 is 1.92 bits per heavy atom. The van der Waals surface area contributed by atoms with E-state index in [0.717, 1.165) is 5.56 Å². The van der Waals surface area contributed by atoms with E-state index in [2.05, 4.69) is 10.3 Å². The largest absolute Gasteiger partial charge is 0.481 e. The van der Waals surface area contributed by atoms with Crippen LogP contribution < -0.4 is 5.32 Å². The van der Waals surface area contributed by atoms with Crippen molar-refractivity contribution in [3.63, 3.8) is 0 Å². The molecule has 0 radical (unpaired) electrons. The van der Waals surface area contributed by atoms with Crippen molar-refractivity contribution in [1.82, 2.24) is 10.3 Å². The van der Waals surface area contributed by atoms with Crippen LogP contribution in [0.5, 0.6) is 0 Å². The van der Waals surface area contributed by atoms with E-state index < -0.39 is 17.8 Å². The second-order valence-corrected chi connectivity index (χ2v) is 6.85. The number of thiazole rings is 1. The molecular weight excluding hydrogens is 372 g/mol. The second kappa shape index (κ2) is 8.12. The summed E-state index contributed by atoms with van der Waals surface area (Å²) < 4.78 is 0. The van der Waals surface area contributed by atoms with Gasteiger partial charge in [0, 0.05) is 22.5 Å². The molecule has 132 valence electrons. The van der Waals surface area contributed by atoms with Gasteiger partial charge >= 0.3 is 5.97 Å². The third kappa shape index (κ3) is 4.28. The molecule has 1 amide bonds. The van der Waals surface area contributed by atoms with Gasteiger partial charge in [-0.3, -0.25) is 9.59 Å². The second-order valence-electron chi connectivity index (χ2n) is 5.56. The molecule has 0 aliphatic rings. The van der Waals surface area contributed by atoms with Gasteiger partial charge in [0.1, 0.15) is 10.7 Å². The lowest BCUT2D eigenvalue weighted by molar-refractivity contribution is -0.138. The van der Waals surface area contributed by atoms with Gasteiger partial charge in [-0.15, -0.1) is 11.3 Å². The van der Waals surface area contributed by atoms with Crippen LogP contribution in [0.3, 0.4) is 0 Å². The minimum Gasteiger partial charge on any atom is -0.481 e. The maximum Gasteiger partial charge on any atom is 0.312 e. The van der Waals surface area contributed by atoms with Gasteiger partial charge in [0.2, 0.25) is 0 Å². The minimum atomic E-state index is -0.991. The number of hydrogen-bond donors (Lipinski definition) is 2. The molecule has 2 N–H and O–H groups in total. The van der Waals surface area contributed by atoms with Crippen molar-refractivity contribution in [2.45, 2.75) is 5.92 Å². The summed E-state index contributed by atoms with van der Waals surface area (Å²) in [5, 5.41) is 15.0. The number of benzene rings is 2. The Hall–Kier alpha value is -2.70. The van der Waals surface area contributed by atoms with E-state index in [1.165, 1.54) is 11.3 Å². The summed E-state index contributed by atoms with van der Waals surface area (Å²) >= 11 is 7.31. The van der Waals surface area contributed by atoms with Crippen molar-refractivity contribution in [3.8, 4) is 10.6 Å². The summed E-state index contributed by atoms with van der Waals surface area (Å²) in [5.74, 6) is -2.21. The molecule has 0 fully saturated rings. The van der Waals surface area contributed by atoms with Gasteiger partial charge in [0.25, 0.3) is 5.91 Å². The summed E-state index contributed by atoms with van der Waals surface area (Å²) in [7, 11) is 0. The predicted octanol–water partition coefficient (Wildman–Crippen LogP) is 4.06. The quantitative estimate of drug-likeness (QED) is 0.669. The molecule has 1 atom stereocenters. The summed E-state index contributed by atoms with van der Waals surface area (Å²) in [6.45, 7) is -0.0117. The van der Waals surface area contributed by atoms with Crippen LogP contribution in [0.25, 0.3) is 10.6 Å². The van der Waals surface area contributed by atoms with Crippen molar-refractivity contribution < 1.29 is 14.7 Å². The first-order valence-electron chi connectivity index (χ1n) is 7.82. The van der Waals surface area contributed by atoms with Crippen molar-refractivity contribution in [2.24, 2.45) is 0 Å². The van der Waals surface area contributed by atoms with Crippen molar-refractivity contribution in [3.05, 3.63) is 76.3 Å². The highest BCUT2D eigenvalue weighted by Crippen LogP contribution is 2.26. The van der Waals surface area contributed by atoms with Gasteiger partial charge in [0.15, 0.2) is 0 Å². The molecule has 26 heavy (non-hydrogen) atoms. The van der Waals surface area contributed by atoms with Crippen LogP contribution in [0.4, 0.5) is 0 Å². The van der Waals surface area contributed by atoms with Gasteiger partial charge in [-0.05, 0) is 17.7 Å². The van der Waals surface area contributed by atoms with E-state index in [4.69, 9.17) is 11.6 Å². The zero-order chi connectivity index (χ0) is 18.5. The standard InChI is InChI=1S/C19H15ClN2O3S/c20-14-8-4-7-13(9-14)18-22-16(11-26-18)17(23)21-10-15(19(24)25)12-5-2-1-3-6-12/h1-9,11,15H,10H2,(H,21,23)(H,24,25).